The first kappa shape index (κ1) is 15.2. The van der Waals surface area contributed by atoms with Gasteiger partial charge in [-0.3, -0.25) is 4.79 Å². The van der Waals surface area contributed by atoms with Crippen molar-refractivity contribution in [1.82, 2.24) is 4.90 Å². The zero-order chi connectivity index (χ0) is 16.1. The summed E-state index contributed by atoms with van der Waals surface area (Å²) < 4.78 is 5.83. The lowest BCUT2D eigenvalue weighted by Crippen LogP contribution is -2.66. The quantitative estimate of drug-likeness (QED) is 0.911. The molecule has 2 saturated heterocycles. The zero-order valence-corrected chi connectivity index (χ0v) is 13.8. The van der Waals surface area contributed by atoms with Gasteiger partial charge in [-0.25, -0.2) is 0 Å². The van der Waals surface area contributed by atoms with Gasteiger partial charge in [0.05, 0.1) is 30.7 Å². The molecule has 3 fully saturated rings. The van der Waals surface area contributed by atoms with Crippen LogP contribution < -0.4 is 0 Å². The Morgan fingerprint density at radius 2 is 1.83 bits per heavy atom. The van der Waals surface area contributed by atoms with E-state index in [4.69, 9.17) is 4.74 Å². The largest absolute Gasteiger partial charge is 0.388 e. The summed E-state index contributed by atoms with van der Waals surface area (Å²) in [6.07, 6.45) is 4.74. The molecule has 4 heteroatoms. The Labute approximate surface area is 137 Å². The van der Waals surface area contributed by atoms with E-state index in [9.17, 15) is 9.90 Å². The molecule has 1 amide bonds. The number of amides is 1. The van der Waals surface area contributed by atoms with Crippen molar-refractivity contribution in [2.24, 2.45) is 0 Å². The molecule has 1 atom stereocenters. The number of rotatable bonds is 2. The highest BCUT2D eigenvalue weighted by Gasteiger charge is 2.57. The standard InChI is InChI=1S/C19H25NO3/c1-17(22)11-18(23-14-17)12-20(13-18)16(21)19(9-5-6-10-19)15-7-3-2-4-8-15/h2-4,7-8,22H,5-6,9-14H2,1H3. The fraction of sp³-hybridized carbons (Fsp3) is 0.632. The second-order valence-corrected chi connectivity index (χ2v) is 7.96. The van der Waals surface area contributed by atoms with Gasteiger partial charge in [0, 0.05) is 6.42 Å². The van der Waals surface area contributed by atoms with Crippen LogP contribution in [-0.2, 0) is 14.9 Å². The summed E-state index contributed by atoms with van der Waals surface area (Å²) in [6, 6.07) is 10.2. The van der Waals surface area contributed by atoms with Crippen molar-refractivity contribution in [2.45, 2.75) is 55.6 Å². The summed E-state index contributed by atoms with van der Waals surface area (Å²) in [4.78, 5) is 15.2. The van der Waals surface area contributed by atoms with Gasteiger partial charge in [-0.05, 0) is 25.3 Å². The summed E-state index contributed by atoms with van der Waals surface area (Å²) in [6.45, 7) is 3.43. The molecule has 1 unspecified atom stereocenters. The van der Waals surface area contributed by atoms with Crippen molar-refractivity contribution in [3.8, 4) is 0 Å². The van der Waals surface area contributed by atoms with Crippen molar-refractivity contribution in [3.63, 3.8) is 0 Å². The number of benzene rings is 1. The summed E-state index contributed by atoms with van der Waals surface area (Å²) in [5, 5.41) is 10.1. The highest BCUT2D eigenvalue weighted by molar-refractivity contribution is 5.89. The van der Waals surface area contributed by atoms with Crippen LogP contribution in [0.3, 0.4) is 0 Å². The first-order valence-corrected chi connectivity index (χ1v) is 8.66. The van der Waals surface area contributed by atoms with Gasteiger partial charge in [-0.2, -0.15) is 0 Å². The van der Waals surface area contributed by atoms with Crippen LogP contribution in [-0.4, -0.2) is 46.8 Å². The van der Waals surface area contributed by atoms with E-state index >= 15 is 0 Å². The Morgan fingerprint density at radius 1 is 1.17 bits per heavy atom. The molecule has 1 saturated carbocycles. The maximum absolute atomic E-state index is 13.3. The third-order valence-electron chi connectivity index (χ3n) is 5.83. The molecule has 1 aromatic carbocycles. The molecule has 0 aromatic heterocycles. The van der Waals surface area contributed by atoms with Gasteiger partial charge in [-0.1, -0.05) is 43.2 Å². The normalized spacial score (nSPS) is 31.3. The smallest absolute Gasteiger partial charge is 0.233 e. The lowest BCUT2D eigenvalue weighted by atomic mass is 9.75. The van der Waals surface area contributed by atoms with Gasteiger partial charge >= 0.3 is 0 Å². The van der Waals surface area contributed by atoms with Crippen LogP contribution >= 0.6 is 0 Å². The van der Waals surface area contributed by atoms with Crippen LogP contribution in [0.2, 0.25) is 0 Å². The van der Waals surface area contributed by atoms with Crippen LogP contribution in [0.4, 0.5) is 0 Å². The van der Waals surface area contributed by atoms with Crippen molar-refractivity contribution in [1.29, 1.82) is 0 Å². The van der Waals surface area contributed by atoms with Gasteiger partial charge in [0.1, 0.15) is 5.60 Å². The molecule has 4 rings (SSSR count). The second-order valence-electron chi connectivity index (χ2n) is 7.96. The molecule has 4 nitrogen and oxygen atoms in total. The lowest BCUT2D eigenvalue weighted by Gasteiger charge is -2.50. The number of carbonyl (C=O) groups is 1. The summed E-state index contributed by atoms with van der Waals surface area (Å²) >= 11 is 0. The fourth-order valence-electron chi connectivity index (χ4n) is 4.77. The van der Waals surface area contributed by atoms with Gasteiger partial charge in [0.15, 0.2) is 0 Å². The third-order valence-corrected chi connectivity index (χ3v) is 5.83. The van der Waals surface area contributed by atoms with Gasteiger partial charge in [0.2, 0.25) is 5.91 Å². The topological polar surface area (TPSA) is 49.8 Å². The minimum absolute atomic E-state index is 0.252. The molecule has 124 valence electrons. The highest BCUT2D eigenvalue weighted by atomic mass is 16.5. The molecule has 1 N–H and O–H groups in total. The van der Waals surface area contributed by atoms with E-state index in [0.29, 0.717) is 26.1 Å². The number of aliphatic hydroxyl groups is 1. The average Bonchev–Trinajstić information content (AvgIpc) is 3.11. The number of hydrogen-bond acceptors (Lipinski definition) is 3. The minimum Gasteiger partial charge on any atom is -0.388 e. The van der Waals surface area contributed by atoms with Gasteiger partial charge in [-0.15, -0.1) is 0 Å². The summed E-state index contributed by atoms with van der Waals surface area (Å²) in [5.74, 6) is 0.252. The van der Waals surface area contributed by atoms with Crippen LogP contribution in [0.1, 0.15) is 44.6 Å². The van der Waals surface area contributed by atoms with Crippen molar-refractivity contribution < 1.29 is 14.6 Å². The molecular weight excluding hydrogens is 290 g/mol. The Balaban J connectivity index is 1.53. The number of carbonyl (C=O) groups excluding carboxylic acids is 1. The molecule has 1 spiro atoms. The number of ether oxygens (including phenoxy) is 1. The molecule has 23 heavy (non-hydrogen) atoms. The number of likely N-dealkylation sites (tertiary alicyclic amines) is 1. The second kappa shape index (κ2) is 5.05. The molecule has 2 aliphatic heterocycles. The predicted octanol–water partition coefficient (Wildman–Crippen LogP) is 2.25. The molecule has 1 aromatic rings. The Kier molecular flexibility index (Phi) is 3.33. The van der Waals surface area contributed by atoms with E-state index in [2.05, 4.69) is 12.1 Å². The van der Waals surface area contributed by atoms with Gasteiger partial charge in [0.25, 0.3) is 0 Å². The fourth-order valence-corrected chi connectivity index (χ4v) is 4.77. The highest BCUT2D eigenvalue weighted by Crippen LogP contribution is 2.46. The van der Waals surface area contributed by atoms with Crippen LogP contribution in [0.5, 0.6) is 0 Å². The number of hydrogen-bond donors (Lipinski definition) is 1. The first-order valence-electron chi connectivity index (χ1n) is 8.66. The molecule has 0 bridgehead atoms. The van der Waals surface area contributed by atoms with Crippen molar-refractivity contribution in [3.05, 3.63) is 35.9 Å². The van der Waals surface area contributed by atoms with E-state index in [1.165, 1.54) is 0 Å². The monoisotopic (exact) mass is 315 g/mol. The van der Waals surface area contributed by atoms with Crippen LogP contribution in [0, 0.1) is 0 Å². The Morgan fingerprint density at radius 3 is 2.39 bits per heavy atom. The zero-order valence-electron chi connectivity index (χ0n) is 13.8. The SMILES string of the molecule is CC1(O)COC2(CN(C(=O)C3(c4ccccc4)CCCC3)C2)C1. The molecule has 2 heterocycles. The number of nitrogens with zero attached hydrogens (tertiary/aromatic N) is 1. The van der Waals surface area contributed by atoms with Crippen LogP contribution in [0.15, 0.2) is 30.3 Å². The molecular formula is C19H25NO3. The van der Waals surface area contributed by atoms with E-state index in [-0.39, 0.29) is 16.9 Å². The van der Waals surface area contributed by atoms with Gasteiger partial charge < -0.3 is 14.7 Å². The van der Waals surface area contributed by atoms with Crippen molar-refractivity contribution in [2.75, 3.05) is 19.7 Å². The molecule has 3 aliphatic rings. The molecule has 0 radical (unpaired) electrons. The maximum Gasteiger partial charge on any atom is 0.233 e. The minimum atomic E-state index is -0.750. The average molecular weight is 315 g/mol. The molecule has 1 aliphatic carbocycles. The van der Waals surface area contributed by atoms with E-state index in [1.54, 1.807) is 0 Å². The van der Waals surface area contributed by atoms with Crippen LogP contribution in [0.25, 0.3) is 0 Å². The van der Waals surface area contributed by atoms with E-state index in [1.807, 2.05) is 30.0 Å². The lowest BCUT2D eigenvalue weighted by molar-refractivity contribution is -0.163. The van der Waals surface area contributed by atoms with E-state index in [0.717, 1.165) is 31.2 Å². The van der Waals surface area contributed by atoms with Crippen molar-refractivity contribution >= 4 is 5.91 Å². The van der Waals surface area contributed by atoms with E-state index < -0.39 is 5.60 Å². The first-order chi connectivity index (χ1) is 10.9. The Bertz CT molecular complexity index is 598. The maximum atomic E-state index is 13.3. The summed E-state index contributed by atoms with van der Waals surface area (Å²) in [7, 11) is 0. The Hall–Kier alpha value is -1.39. The predicted molar refractivity (Wildman–Crippen MR) is 87.1 cm³/mol. The third kappa shape index (κ3) is 2.39. The summed E-state index contributed by atoms with van der Waals surface area (Å²) in [5.41, 5.74) is -0.248.